The van der Waals surface area contributed by atoms with Crippen LogP contribution in [0.15, 0.2) is 0 Å². The van der Waals surface area contributed by atoms with E-state index in [4.69, 9.17) is 20.3 Å². The van der Waals surface area contributed by atoms with Crippen LogP contribution < -0.4 is 5.73 Å². The smallest absolute Gasteiger partial charge is 0.246 e. The zero-order valence-corrected chi connectivity index (χ0v) is 9.97. The van der Waals surface area contributed by atoms with Crippen molar-refractivity contribution in [1.29, 1.82) is 0 Å². The Kier molecular flexibility index (Phi) is 5.45. The van der Waals surface area contributed by atoms with Crippen molar-refractivity contribution in [2.24, 2.45) is 5.73 Å². The number of rotatable bonds is 5. The molecule has 8 heteroatoms. The molecule has 0 bridgehead atoms. The van der Waals surface area contributed by atoms with Gasteiger partial charge in [-0.15, -0.1) is 0 Å². The molecule has 1 heterocycles. The van der Waals surface area contributed by atoms with Crippen molar-refractivity contribution in [2.75, 3.05) is 6.61 Å². The van der Waals surface area contributed by atoms with Crippen molar-refractivity contribution >= 4 is 5.91 Å². The fourth-order valence-corrected chi connectivity index (χ4v) is 1.71. The summed E-state index contributed by atoms with van der Waals surface area (Å²) in [4.78, 5) is 11.0. The maximum absolute atomic E-state index is 11.0. The van der Waals surface area contributed by atoms with E-state index in [1.54, 1.807) is 6.92 Å². The third-order valence-corrected chi connectivity index (χ3v) is 2.83. The van der Waals surface area contributed by atoms with E-state index in [0.717, 1.165) is 0 Å². The van der Waals surface area contributed by atoms with E-state index in [0.29, 0.717) is 0 Å². The second-order valence-electron chi connectivity index (χ2n) is 4.13. The fraction of sp³-hybridized carbons (Fsp3) is 0.900. The minimum Gasteiger partial charge on any atom is -0.394 e. The Labute approximate surface area is 104 Å². The average Bonchev–Trinajstić information content (AvgIpc) is 2.35. The summed E-state index contributed by atoms with van der Waals surface area (Å²) < 4.78 is 10.2. The third kappa shape index (κ3) is 3.16. The summed E-state index contributed by atoms with van der Waals surface area (Å²) in [6.45, 7) is 1.09. The van der Waals surface area contributed by atoms with Crippen LogP contribution in [0.4, 0.5) is 0 Å². The minimum absolute atomic E-state index is 0.268. The molecule has 0 aromatic heterocycles. The van der Waals surface area contributed by atoms with Crippen LogP contribution >= 0.6 is 0 Å². The summed E-state index contributed by atoms with van der Waals surface area (Å²) in [7, 11) is 0. The van der Waals surface area contributed by atoms with Gasteiger partial charge >= 0.3 is 0 Å². The van der Waals surface area contributed by atoms with Gasteiger partial charge in [0.15, 0.2) is 6.29 Å². The van der Waals surface area contributed by atoms with Crippen LogP contribution in [0.3, 0.4) is 0 Å². The molecule has 0 radical (unpaired) electrons. The Morgan fingerprint density at radius 3 is 2.39 bits per heavy atom. The summed E-state index contributed by atoms with van der Waals surface area (Å²) in [6, 6.07) is 0. The van der Waals surface area contributed by atoms with E-state index in [1.165, 1.54) is 0 Å². The molecule has 1 aliphatic heterocycles. The normalized spacial score (nSPS) is 38.4. The molecule has 1 amide bonds. The lowest BCUT2D eigenvalue weighted by molar-refractivity contribution is -0.308. The van der Waals surface area contributed by atoms with Gasteiger partial charge < -0.3 is 35.6 Å². The molecule has 4 unspecified atom stereocenters. The highest BCUT2D eigenvalue weighted by Gasteiger charge is 2.45. The van der Waals surface area contributed by atoms with Crippen LogP contribution in [-0.4, -0.2) is 69.8 Å². The van der Waals surface area contributed by atoms with Crippen molar-refractivity contribution in [3.8, 4) is 0 Å². The molecule has 6 N–H and O–H groups in total. The number of ether oxygens (including phenoxy) is 2. The van der Waals surface area contributed by atoms with Gasteiger partial charge in [-0.3, -0.25) is 4.79 Å². The summed E-state index contributed by atoms with van der Waals surface area (Å²) in [5.41, 5.74) is 5.08. The number of primary amides is 1. The molecule has 106 valence electrons. The van der Waals surface area contributed by atoms with Gasteiger partial charge in [0.1, 0.15) is 30.5 Å². The summed E-state index contributed by atoms with van der Waals surface area (Å²) in [5.74, 6) is -0.727. The first kappa shape index (κ1) is 15.3. The van der Waals surface area contributed by atoms with E-state index in [9.17, 15) is 20.1 Å². The number of aliphatic hydroxyl groups excluding tert-OH is 4. The number of hydrogen-bond donors (Lipinski definition) is 5. The molecule has 0 spiro atoms. The van der Waals surface area contributed by atoms with E-state index in [2.05, 4.69) is 0 Å². The predicted molar refractivity (Wildman–Crippen MR) is 58.1 cm³/mol. The minimum atomic E-state index is -1.54. The number of hydrogen-bond acceptors (Lipinski definition) is 7. The Balaban J connectivity index is 2.72. The van der Waals surface area contributed by atoms with E-state index < -0.39 is 49.3 Å². The van der Waals surface area contributed by atoms with E-state index in [-0.39, 0.29) is 6.42 Å². The molecule has 6 atom stereocenters. The van der Waals surface area contributed by atoms with Gasteiger partial charge in [0.25, 0.3) is 0 Å². The first-order valence-corrected chi connectivity index (χ1v) is 5.67. The lowest BCUT2D eigenvalue weighted by atomic mass is 9.99. The molecule has 0 aromatic rings. The Bertz CT molecular complexity index is 285. The van der Waals surface area contributed by atoms with Gasteiger partial charge in [0, 0.05) is 0 Å². The predicted octanol–water partition coefficient (Wildman–Crippen LogP) is -2.93. The van der Waals surface area contributed by atoms with E-state index >= 15 is 0 Å². The number of nitrogens with two attached hydrogens (primary N) is 1. The van der Waals surface area contributed by atoms with Gasteiger partial charge in [-0.05, 0) is 6.42 Å². The molecule has 0 saturated carbocycles. The number of carbonyl (C=O) groups excluding carboxylic acids is 1. The number of carbonyl (C=O) groups is 1. The van der Waals surface area contributed by atoms with Gasteiger partial charge in [-0.25, -0.2) is 0 Å². The first-order chi connectivity index (χ1) is 8.42. The molecule has 0 aliphatic carbocycles. The maximum atomic E-state index is 11.0. The maximum Gasteiger partial charge on any atom is 0.246 e. The molecule has 1 fully saturated rings. The van der Waals surface area contributed by atoms with Crippen LogP contribution in [0.25, 0.3) is 0 Å². The number of amides is 1. The molecule has 1 aliphatic rings. The molecule has 1 rings (SSSR count). The molecule has 1 saturated heterocycles. The Morgan fingerprint density at radius 1 is 1.33 bits per heavy atom. The van der Waals surface area contributed by atoms with Crippen LogP contribution in [0.1, 0.15) is 13.3 Å². The molecular formula is C10H19NO7. The second-order valence-corrected chi connectivity index (χ2v) is 4.13. The van der Waals surface area contributed by atoms with Crippen molar-refractivity contribution < 1.29 is 34.7 Å². The van der Waals surface area contributed by atoms with Gasteiger partial charge in [-0.2, -0.15) is 0 Å². The van der Waals surface area contributed by atoms with Crippen molar-refractivity contribution in [3.63, 3.8) is 0 Å². The zero-order chi connectivity index (χ0) is 13.9. The van der Waals surface area contributed by atoms with Crippen LogP contribution in [0.2, 0.25) is 0 Å². The molecule has 18 heavy (non-hydrogen) atoms. The highest BCUT2D eigenvalue weighted by Crippen LogP contribution is 2.23. The standard InChI is InChI=1S/C10H19NO7/c1-2-4(9(11)16)17-10-8(15)7(14)6(13)5(3-12)18-10/h4-8,10,12-15H,2-3H2,1H3,(H2,11,16)/t4?,5?,6-,7-,8?,10?/m0/s1. The lowest BCUT2D eigenvalue weighted by Crippen LogP contribution is -2.60. The second kappa shape index (κ2) is 6.41. The Hall–Kier alpha value is -0.770. The monoisotopic (exact) mass is 265 g/mol. The van der Waals surface area contributed by atoms with Crippen LogP contribution in [-0.2, 0) is 14.3 Å². The average molecular weight is 265 g/mol. The van der Waals surface area contributed by atoms with Gasteiger partial charge in [-0.1, -0.05) is 6.92 Å². The van der Waals surface area contributed by atoms with Gasteiger partial charge in [0.2, 0.25) is 5.91 Å². The highest BCUT2D eigenvalue weighted by molar-refractivity contribution is 5.78. The highest BCUT2D eigenvalue weighted by atomic mass is 16.7. The molecule has 0 aromatic carbocycles. The van der Waals surface area contributed by atoms with E-state index in [1.807, 2.05) is 0 Å². The van der Waals surface area contributed by atoms with Crippen molar-refractivity contribution in [2.45, 2.75) is 50.2 Å². The molecular weight excluding hydrogens is 246 g/mol. The van der Waals surface area contributed by atoms with Crippen LogP contribution in [0, 0.1) is 0 Å². The van der Waals surface area contributed by atoms with Crippen molar-refractivity contribution in [3.05, 3.63) is 0 Å². The topological polar surface area (TPSA) is 142 Å². The molecule has 8 nitrogen and oxygen atoms in total. The quantitative estimate of drug-likeness (QED) is 0.358. The lowest BCUT2D eigenvalue weighted by Gasteiger charge is -2.40. The third-order valence-electron chi connectivity index (χ3n) is 2.83. The fourth-order valence-electron chi connectivity index (χ4n) is 1.71. The van der Waals surface area contributed by atoms with Gasteiger partial charge in [0.05, 0.1) is 6.61 Å². The van der Waals surface area contributed by atoms with Crippen molar-refractivity contribution in [1.82, 2.24) is 0 Å². The number of aliphatic hydroxyl groups is 4. The first-order valence-electron chi connectivity index (χ1n) is 5.67. The summed E-state index contributed by atoms with van der Waals surface area (Å²) in [5, 5.41) is 37.7. The summed E-state index contributed by atoms with van der Waals surface area (Å²) in [6.07, 6.45) is -7.64. The summed E-state index contributed by atoms with van der Waals surface area (Å²) >= 11 is 0. The SMILES string of the molecule is CCC(OC1OC(CO)[C@H](O)[C@H](O)C1O)C(N)=O. The van der Waals surface area contributed by atoms with Crippen LogP contribution in [0.5, 0.6) is 0 Å². The Morgan fingerprint density at radius 2 is 1.94 bits per heavy atom. The largest absolute Gasteiger partial charge is 0.394 e. The zero-order valence-electron chi connectivity index (χ0n) is 9.97.